The van der Waals surface area contributed by atoms with Crippen molar-refractivity contribution in [2.24, 2.45) is 0 Å². The maximum absolute atomic E-state index is 5.56. The van der Waals surface area contributed by atoms with Crippen molar-refractivity contribution >= 4 is 5.69 Å². The van der Waals surface area contributed by atoms with E-state index >= 15 is 0 Å². The van der Waals surface area contributed by atoms with Gasteiger partial charge in [-0.15, -0.1) is 0 Å². The van der Waals surface area contributed by atoms with E-state index in [9.17, 15) is 0 Å². The summed E-state index contributed by atoms with van der Waals surface area (Å²) in [5, 5.41) is 0. The first kappa shape index (κ1) is 17.6. The van der Waals surface area contributed by atoms with Crippen LogP contribution in [0, 0.1) is 0 Å². The number of methoxy groups -OCH3 is 1. The van der Waals surface area contributed by atoms with Gasteiger partial charge >= 0.3 is 0 Å². The molecule has 3 heteroatoms. The smallest absolute Gasteiger partial charge is 0.142 e. The van der Waals surface area contributed by atoms with Gasteiger partial charge in [-0.3, -0.25) is 4.90 Å². The van der Waals surface area contributed by atoms with Crippen LogP contribution in [0.15, 0.2) is 84.9 Å². The van der Waals surface area contributed by atoms with Gasteiger partial charge in [0.05, 0.1) is 18.8 Å². The lowest BCUT2D eigenvalue weighted by Gasteiger charge is -2.41. The van der Waals surface area contributed by atoms with Gasteiger partial charge in [0.25, 0.3) is 0 Å². The van der Waals surface area contributed by atoms with E-state index in [0.29, 0.717) is 6.04 Å². The number of ether oxygens (including phenoxy) is 1. The van der Waals surface area contributed by atoms with E-state index < -0.39 is 0 Å². The molecule has 0 amide bonds. The van der Waals surface area contributed by atoms with Crippen molar-refractivity contribution < 1.29 is 4.74 Å². The number of nitrogens with zero attached hydrogens (tertiary/aromatic N) is 2. The van der Waals surface area contributed by atoms with Crippen molar-refractivity contribution in [2.45, 2.75) is 6.04 Å². The van der Waals surface area contributed by atoms with Crippen molar-refractivity contribution in [1.82, 2.24) is 4.90 Å². The molecule has 3 aromatic rings. The molecule has 0 unspecified atom stereocenters. The maximum atomic E-state index is 5.56. The average molecular weight is 358 g/mol. The summed E-state index contributed by atoms with van der Waals surface area (Å²) in [5.41, 5.74) is 3.90. The molecule has 4 rings (SSSR count). The SMILES string of the molecule is COc1ccccc1N1CCN(C(c2ccccc2)c2ccccc2)CC1. The molecule has 3 nitrogen and oxygen atoms in total. The Morgan fingerprint density at radius 3 is 1.74 bits per heavy atom. The van der Waals surface area contributed by atoms with Crippen LogP contribution < -0.4 is 9.64 Å². The van der Waals surface area contributed by atoms with Gasteiger partial charge in [-0.2, -0.15) is 0 Å². The van der Waals surface area contributed by atoms with Crippen molar-refractivity contribution in [3.8, 4) is 5.75 Å². The zero-order valence-electron chi connectivity index (χ0n) is 15.8. The highest BCUT2D eigenvalue weighted by atomic mass is 16.5. The standard InChI is InChI=1S/C24H26N2O/c1-27-23-15-9-8-14-22(23)25-16-18-26(19-17-25)24(20-10-4-2-5-11-20)21-12-6-3-7-13-21/h2-15,24H,16-19H2,1H3. The van der Waals surface area contributed by atoms with Crippen LogP contribution in [-0.2, 0) is 0 Å². The predicted octanol–water partition coefficient (Wildman–Crippen LogP) is 4.61. The van der Waals surface area contributed by atoms with Gasteiger partial charge in [-0.25, -0.2) is 0 Å². The van der Waals surface area contributed by atoms with Gasteiger partial charge in [-0.05, 0) is 23.3 Å². The molecule has 138 valence electrons. The Morgan fingerprint density at radius 2 is 1.19 bits per heavy atom. The van der Waals surface area contributed by atoms with Crippen LogP contribution in [0.1, 0.15) is 17.2 Å². The molecule has 3 aromatic carbocycles. The number of anilines is 1. The molecule has 0 spiro atoms. The third-order valence-corrected chi connectivity index (χ3v) is 5.34. The highest BCUT2D eigenvalue weighted by molar-refractivity contribution is 5.58. The first-order valence-electron chi connectivity index (χ1n) is 9.59. The summed E-state index contributed by atoms with van der Waals surface area (Å²) in [5.74, 6) is 0.952. The lowest BCUT2D eigenvalue weighted by Crippen LogP contribution is -2.48. The van der Waals surface area contributed by atoms with Crippen LogP contribution in [0.5, 0.6) is 5.75 Å². The first-order valence-corrected chi connectivity index (χ1v) is 9.59. The van der Waals surface area contributed by atoms with Crippen LogP contribution in [0.2, 0.25) is 0 Å². The molecule has 1 aliphatic rings. The highest BCUT2D eigenvalue weighted by Crippen LogP contribution is 2.32. The second kappa shape index (κ2) is 8.28. The summed E-state index contributed by atoms with van der Waals surface area (Å²) in [6.45, 7) is 4.03. The fourth-order valence-electron chi connectivity index (χ4n) is 4.00. The van der Waals surface area contributed by atoms with Gasteiger partial charge < -0.3 is 9.64 Å². The minimum atomic E-state index is 0.298. The van der Waals surface area contributed by atoms with Crippen molar-refractivity contribution in [3.05, 3.63) is 96.1 Å². The lowest BCUT2D eigenvalue weighted by atomic mass is 9.96. The van der Waals surface area contributed by atoms with E-state index in [1.54, 1.807) is 7.11 Å². The Balaban J connectivity index is 1.56. The van der Waals surface area contributed by atoms with E-state index in [1.165, 1.54) is 16.8 Å². The molecular formula is C24H26N2O. The topological polar surface area (TPSA) is 15.7 Å². The van der Waals surface area contributed by atoms with Gasteiger partial charge in [0.15, 0.2) is 0 Å². The lowest BCUT2D eigenvalue weighted by molar-refractivity contribution is 0.212. The van der Waals surface area contributed by atoms with E-state index in [-0.39, 0.29) is 0 Å². The summed E-state index contributed by atoms with van der Waals surface area (Å²) in [4.78, 5) is 5.03. The van der Waals surface area contributed by atoms with Crippen LogP contribution >= 0.6 is 0 Å². The molecule has 0 bridgehead atoms. The Morgan fingerprint density at radius 1 is 0.667 bits per heavy atom. The van der Waals surface area contributed by atoms with Gasteiger partial charge in [-0.1, -0.05) is 72.8 Å². The number of hydrogen-bond acceptors (Lipinski definition) is 3. The highest BCUT2D eigenvalue weighted by Gasteiger charge is 2.27. The summed E-state index contributed by atoms with van der Waals surface area (Å²) in [7, 11) is 1.75. The third-order valence-electron chi connectivity index (χ3n) is 5.34. The molecule has 0 N–H and O–H groups in total. The second-order valence-corrected chi connectivity index (χ2v) is 6.92. The molecule has 1 aliphatic heterocycles. The number of rotatable bonds is 5. The van der Waals surface area contributed by atoms with E-state index in [4.69, 9.17) is 4.74 Å². The fourth-order valence-corrected chi connectivity index (χ4v) is 4.00. The van der Waals surface area contributed by atoms with Gasteiger partial charge in [0.1, 0.15) is 5.75 Å². The molecule has 27 heavy (non-hydrogen) atoms. The molecule has 0 aliphatic carbocycles. The van der Waals surface area contributed by atoms with E-state index in [2.05, 4.69) is 82.6 Å². The number of benzene rings is 3. The minimum absolute atomic E-state index is 0.298. The molecular weight excluding hydrogens is 332 g/mol. The normalized spacial score (nSPS) is 15.1. The quantitative estimate of drug-likeness (QED) is 0.663. The van der Waals surface area contributed by atoms with Gasteiger partial charge in [0.2, 0.25) is 0 Å². The first-order chi connectivity index (χ1) is 13.4. The Kier molecular flexibility index (Phi) is 5.40. The van der Waals surface area contributed by atoms with E-state index in [1.807, 2.05) is 12.1 Å². The van der Waals surface area contributed by atoms with E-state index in [0.717, 1.165) is 31.9 Å². The number of para-hydroxylation sites is 2. The molecule has 0 atom stereocenters. The molecule has 0 saturated carbocycles. The minimum Gasteiger partial charge on any atom is -0.495 e. The Bertz CT molecular complexity index is 803. The summed E-state index contributed by atoms with van der Waals surface area (Å²) < 4.78 is 5.56. The molecule has 1 heterocycles. The van der Waals surface area contributed by atoms with Crippen molar-refractivity contribution in [1.29, 1.82) is 0 Å². The maximum Gasteiger partial charge on any atom is 0.142 e. The van der Waals surface area contributed by atoms with Crippen LogP contribution in [0.25, 0.3) is 0 Å². The monoisotopic (exact) mass is 358 g/mol. The zero-order valence-corrected chi connectivity index (χ0v) is 15.8. The second-order valence-electron chi connectivity index (χ2n) is 6.92. The molecule has 1 saturated heterocycles. The van der Waals surface area contributed by atoms with Crippen molar-refractivity contribution in [3.63, 3.8) is 0 Å². The Labute approximate surface area is 161 Å². The molecule has 1 fully saturated rings. The molecule has 0 aromatic heterocycles. The summed E-state index contributed by atoms with van der Waals surface area (Å²) in [6.07, 6.45) is 0. The fraction of sp³-hybridized carbons (Fsp3) is 0.250. The van der Waals surface area contributed by atoms with Crippen LogP contribution in [0.4, 0.5) is 5.69 Å². The summed E-state index contributed by atoms with van der Waals surface area (Å²) in [6, 6.07) is 30.3. The molecule has 0 radical (unpaired) electrons. The summed E-state index contributed by atoms with van der Waals surface area (Å²) >= 11 is 0. The van der Waals surface area contributed by atoms with Gasteiger partial charge in [0, 0.05) is 26.2 Å². The van der Waals surface area contributed by atoms with Crippen molar-refractivity contribution in [2.75, 3.05) is 38.2 Å². The number of piperazine rings is 1. The third kappa shape index (κ3) is 3.83. The van der Waals surface area contributed by atoms with Crippen LogP contribution in [0.3, 0.4) is 0 Å². The number of hydrogen-bond donors (Lipinski definition) is 0. The zero-order chi connectivity index (χ0) is 18.5. The average Bonchev–Trinajstić information content (AvgIpc) is 2.76. The predicted molar refractivity (Wildman–Crippen MR) is 112 cm³/mol. The largest absolute Gasteiger partial charge is 0.495 e. The van der Waals surface area contributed by atoms with Crippen LogP contribution in [-0.4, -0.2) is 38.2 Å². The Hall–Kier alpha value is -2.78.